The van der Waals surface area contributed by atoms with E-state index in [9.17, 15) is 9.59 Å². The molecule has 1 aliphatic carbocycles. The third-order valence-electron chi connectivity index (χ3n) is 7.23. The molecule has 1 amide bonds. The quantitative estimate of drug-likeness (QED) is 0.408. The minimum Gasteiger partial charge on any atom is -0.349 e. The first-order valence-electron chi connectivity index (χ1n) is 12.5. The van der Waals surface area contributed by atoms with Gasteiger partial charge in [-0.25, -0.2) is 4.79 Å². The van der Waals surface area contributed by atoms with E-state index in [0.29, 0.717) is 35.3 Å². The van der Waals surface area contributed by atoms with E-state index in [0.717, 1.165) is 48.7 Å². The van der Waals surface area contributed by atoms with E-state index >= 15 is 0 Å². The molecule has 0 saturated heterocycles. The molecule has 8 nitrogen and oxygen atoms in total. The highest BCUT2D eigenvalue weighted by molar-refractivity contribution is 6.30. The minimum absolute atomic E-state index is 0.0412. The van der Waals surface area contributed by atoms with Gasteiger partial charge in [-0.05, 0) is 68.7 Å². The Kier molecular flexibility index (Phi) is 6.96. The van der Waals surface area contributed by atoms with Crippen LogP contribution in [0, 0.1) is 12.8 Å². The maximum Gasteiger partial charge on any atom is 0.329 e. The fraction of sp³-hybridized carbons (Fsp3) is 0.407. The second-order valence-electron chi connectivity index (χ2n) is 9.78. The number of aromatic nitrogens is 5. The number of carbonyl (C=O) groups excluding carboxylic acids is 1. The van der Waals surface area contributed by atoms with Crippen LogP contribution in [-0.2, 0) is 26.6 Å². The van der Waals surface area contributed by atoms with Gasteiger partial charge in [-0.3, -0.25) is 23.6 Å². The van der Waals surface area contributed by atoms with Gasteiger partial charge < -0.3 is 5.32 Å². The van der Waals surface area contributed by atoms with Crippen molar-refractivity contribution in [3.8, 4) is 0 Å². The van der Waals surface area contributed by atoms with E-state index in [1.807, 2.05) is 59.8 Å². The number of aryl methyl sites for hydroxylation is 4. The Labute approximate surface area is 214 Å². The van der Waals surface area contributed by atoms with Crippen molar-refractivity contribution in [3.63, 3.8) is 0 Å². The maximum atomic E-state index is 13.4. The third kappa shape index (κ3) is 5.09. The molecule has 0 unspecified atom stereocenters. The average Bonchev–Trinajstić information content (AvgIpc) is 3.40. The summed E-state index contributed by atoms with van der Waals surface area (Å²) in [7, 11) is 1.90. The first kappa shape index (κ1) is 24.3. The van der Waals surface area contributed by atoms with Crippen LogP contribution in [0.25, 0.3) is 11.0 Å². The lowest BCUT2D eigenvalue weighted by Gasteiger charge is -2.29. The molecule has 0 atom stereocenters. The number of carbonyl (C=O) groups is 1. The number of benzene rings is 1. The molecule has 36 heavy (non-hydrogen) atoms. The van der Waals surface area contributed by atoms with Gasteiger partial charge in [0.25, 0.3) is 5.91 Å². The second-order valence-corrected chi connectivity index (χ2v) is 10.2. The predicted molar refractivity (Wildman–Crippen MR) is 140 cm³/mol. The Morgan fingerprint density at radius 1 is 1.11 bits per heavy atom. The summed E-state index contributed by atoms with van der Waals surface area (Å²) in [6.07, 6.45) is 9.84. The summed E-state index contributed by atoms with van der Waals surface area (Å²) in [5.74, 6) is 0.266. The molecule has 0 spiro atoms. The number of pyridine rings is 1. The molecule has 0 aliphatic heterocycles. The Morgan fingerprint density at radius 3 is 2.53 bits per heavy atom. The molecule has 1 aliphatic rings. The minimum atomic E-state index is -0.126. The molecule has 5 rings (SSSR count). The Bertz CT molecular complexity index is 1440. The molecular formula is C27H31ClN6O2. The normalized spacial score (nSPS) is 18.0. The SMILES string of the molecule is Cc1ncc(Cl)cc1C(=O)NC1CCC(Cn2c(=O)n(CCc3cnn(C)c3)c3ccccc32)CC1. The number of amides is 1. The largest absolute Gasteiger partial charge is 0.349 e. The molecule has 1 fully saturated rings. The van der Waals surface area contributed by atoms with E-state index in [1.165, 1.54) is 0 Å². The van der Waals surface area contributed by atoms with Gasteiger partial charge in [-0.2, -0.15) is 5.10 Å². The van der Waals surface area contributed by atoms with Crippen LogP contribution < -0.4 is 11.0 Å². The van der Waals surface area contributed by atoms with Crippen LogP contribution in [0.5, 0.6) is 0 Å². The highest BCUT2D eigenvalue weighted by Gasteiger charge is 2.25. The van der Waals surface area contributed by atoms with Crippen molar-refractivity contribution in [2.45, 2.75) is 58.2 Å². The van der Waals surface area contributed by atoms with Crippen molar-refractivity contribution in [1.29, 1.82) is 0 Å². The average molecular weight is 507 g/mol. The van der Waals surface area contributed by atoms with E-state index in [2.05, 4.69) is 15.4 Å². The molecule has 9 heteroatoms. The van der Waals surface area contributed by atoms with E-state index in [4.69, 9.17) is 11.6 Å². The molecule has 3 aromatic heterocycles. The van der Waals surface area contributed by atoms with Crippen molar-refractivity contribution < 1.29 is 4.79 Å². The number of nitrogens with zero attached hydrogens (tertiary/aromatic N) is 5. The van der Waals surface area contributed by atoms with Crippen LogP contribution in [-0.4, -0.2) is 35.8 Å². The molecule has 1 saturated carbocycles. The lowest BCUT2D eigenvalue weighted by Crippen LogP contribution is -2.39. The van der Waals surface area contributed by atoms with Crippen LogP contribution in [0.15, 0.2) is 53.7 Å². The van der Waals surface area contributed by atoms with Crippen LogP contribution in [0.4, 0.5) is 0 Å². The number of rotatable bonds is 7. The number of para-hydroxylation sites is 2. The number of halogens is 1. The molecular weight excluding hydrogens is 476 g/mol. The van der Waals surface area contributed by atoms with Gasteiger partial charge in [0.05, 0.1) is 33.5 Å². The van der Waals surface area contributed by atoms with Crippen LogP contribution in [0.1, 0.15) is 47.3 Å². The summed E-state index contributed by atoms with van der Waals surface area (Å²) < 4.78 is 5.60. The summed E-state index contributed by atoms with van der Waals surface area (Å²) >= 11 is 6.03. The van der Waals surface area contributed by atoms with Gasteiger partial charge >= 0.3 is 5.69 Å². The second kappa shape index (κ2) is 10.3. The number of hydrogen-bond donors (Lipinski definition) is 1. The van der Waals surface area contributed by atoms with Crippen molar-refractivity contribution >= 4 is 28.5 Å². The lowest BCUT2D eigenvalue weighted by atomic mass is 9.85. The van der Waals surface area contributed by atoms with Crippen LogP contribution in [0.2, 0.25) is 5.02 Å². The zero-order valence-electron chi connectivity index (χ0n) is 20.7. The topological polar surface area (TPSA) is 86.7 Å². The molecule has 3 heterocycles. The van der Waals surface area contributed by atoms with Gasteiger partial charge in [0, 0.05) is 38.6 Å². The number of fused-ring (bicyclic) bond motifs is 1. The van der Waals surface area contributed by atoms with Gasteiger partial charge in [0.15, 0.2) is 0 Å². The molecule has 0 radical (unpaired) electrons. The smallest absolute Gasteiger partial charge is 0.329 e. The van der Waals surface area contributed by atoms with Crippen molar-refractivity contribution in [1.82, 2.24) is 29.2 Å². The summed E-state index contributed by atoms with van der Waals surface area (Å²) in [4.78, 5) is 30.4. The predicted octanol–water partition coefficient (Wildman–Crippen LogP) is 4.12. The van der Waals surface area contributed by atoms with Gasteiger partial charge in [-0.1, -0.05) is 23.7 Å². The lowest BCUT2D eigenvalue weighted by molar-refractivity contribution is 0.0919. The third-order valence-corrected chi connectivity index (χ3v) is 7.44. The molecule has 1 N–H and O–H groups in total. The van der Waals surface area contributed by atoms with Crippen molar-refractivity contribution in [2.24, 2.45) is 13.0 Å². The number of nitrogens with one attached hydrogen (secondary N) is 1. The first-order chi connectivity index (χ1) is 17.4. The first-order valence-corrected chi connectivity index (χ1v) is 12.9. The standard InChI is InChI=1S/C27H31ClN6O2/c1-18-23(13-21(28)15-29-18)26(35)31-22-9-7-19(8-10-22)17-34-25-6-4-3-5-24(25)33(27(34)36)12-11-20-14-30-32(2)16-20/h3-6,13-16,19,22H,7-12,17H2,1-2H3,(H,31,35). The zero-order chi connectivity index (χ0) is 25.2. The zero-order valence-corrected chi connectivity index (χ0v) is 21.4. The number of hydrogen-bond acceptors (Lipinski definition) is 4. The van der Waals surface area contributed by atoms with Gasteiger partial charge in [-0.15, -0.1) is 0 Å². The van der Waals surface area contributed by atoms with Gasteiger partial charge in [0.1, 0.15) is 0 Å². The molecule has 0 bridgehead atoms. The maximum absolute atomic E-state index is 13.4. The van der Waals surface area contributed by atoms with E-state index in [1.54, 1.807) is 16.9 Å². The van der Waals surface area contributed by atoms with E-state index < -0.39 is 0 Å². The van der Waals surface area contributed by atoms with Crippen LogP contribution >= 0.6 is 11.6 Å². The van der Waals surface area contributed by atoms with E-state index in [-0.39, 0.29) is 17.6 Å². The summed E-state index contributed by atoms with van der Waals surface area (Å²) in [6.45, 7) is 3.12. The monoisotopic (exact) mass is 506 g/mol. The van der Waals surface area contributed by atoms with Crippen LogP contribution in [0.3, 0.4) is 0 Å². The molecule has 1 aromatic carbocycles. The summed E-state index contributed by atoms with van der Waals surface area (Å²) in [5.41, 5.74) is 4.30. The summed E-state index contributed by atoms with van der Waals surface area (Å²) in [6, 6.07) is 9.81. The Balaban J connectivity index is 1.24. The molecule has 4 aromatic rings. The molecule has 188 valence electrons. The fourth-order valence-electron chi connectivity index (χ4n) is 5.26. The highest BCUT2D eigenvalue weighted by Crippen LogP contribution is 2.27. The highest BCUT2D eigenvalue weighted by atomic mass is 35.5. The Morgan fingerprint density at radius 2 is 1.83 bits per heavy atom. The van der Waals surface area contributed by atoms with Crippen molar-refractivity contribution in [3.05, 3.63) is 81.3 Å². The Hall–Kier alpha value is -3.39. The fourth-order valence-corrected chi connectivity index (χ4v) is 5.41. The summed E-state index contributed by atoms with van der Waals surface area (Å²) in [5, 5.41) is 7.84. The van der Waals surface area contributed by atoms with Crippen molar-refractivity contribution in [2.75, 3.05) is 0 Å². The van der Waals surface area contributed by atoms with Gasteiger partial charge in [0.2, 0.25) is 0 Å². The number of imidazole rings is 1.